The molecule has 3 aromatic carbocycles. The van der Waals surface area contributed by atoms with E-state index in [1.165, 1.54) is 16.7 Å². The van der Waals surface area contributed by atoms with E-state index in [-0.39, 0.29) is 24.2 Å². The van der Waals surface area contributed by atoms with E-state index in [9.17, 15) is 18.8 Å². The number of carbonyl (C=O) groups is 1. The van der Waals surface area contributed by atoms with Crippen LogP contribution in [-0.2, 0) is 17.8 Å². The number of halogens is 1. The van der Waals surface area contributed by atoms with Crippen LogP contribution in [0.15, 0.2) is 94.5 Å². The second-order valence-corrected chi connectivity index (χ2v) is 10.3. The number of aromatic nitrogens is 2. The Morgan fingerprint density at radius 3 is 2.10 bits per heavy atom. The maximum absolute atomic E-state index is 15.0. The Morgan fingerprint density at radius 2 is 1.49 bits per heavy atom. The molecule has 1 heterocycles. The molecule has 202 valence electrons. The summed E-state index contributed by atoms with van der Waals surface area (Å²) >= 11 is 0. The maximum atomic E-state index is 15.0. The van der Waals surface area contributed by atoms with Crippen molar-refractivity contribution < 1.29 is 13.9 Å². The smallest absolute Gasteiger partial charge is 0.408 e. The van der Waals surface area contributed by atoms with Gasteiger partial charge in [-0.25, -0.2) is 14.0 Å². The highest BCUT2D eigenvalue weighted by Gasteiger charge is 2.25. The molecule has 4 aromatic rings. The van der Waals surface area contributed by atoms with Gasteiger partial charge in [-0.15, -0.1) is 0 Å². The van der Waals surface area contributed by atoms with E-state index >= 15 is 0 Å². The molecule has 1 amide bonds. The van der Waals surface area contributed by atoms with Crippen LogP contribution in [0.5, 0.6) is 0 Å². The average Bonchev–Trinajstić information content (AvgIpc) is 2.89. The van der Waals surface area contributed by atoms with E-state index in [0.717, 1.165) is 10.1 Å². The summed E-state index contributed by atoms with van der Waals surface area (Å²) in [6.07, 6.45) is -0.685. The molecule has 1 atom stereocenters. The molecule has 0 saturated heterocycles. The molecule has 1 aromatic heterocycles. The molecule has 1 N–H and O–H groups in total. The van der Waals surface area contributed by atoms with Gasteiger partial charge < -0.3 is 10.1 Å². The quantitative estimate of drug-likeness (QED) is 0.346. The Kier molecular flexibility index (Phi) is 8.14. The predicted octanol–water partition coefficient (Wildman–Crippen LogP) is 5.44. The third-order valence-electron chi connectivity index (χ3n) is 6.27. The standard InChI is InChI=1S/C31H32FN3O4/c1-21-27(24-17-11-12-18-25(24)32)28(36)35(30(38)34(21)19-22-13-7-5-8-14-22)20-26(23-15-9-6-10-16-23)33-29(37)39-31(2,3)4/h5-18,26H,19-20H2,1-4H3,(H,33,37)/t26-/m0/s1. The number of alkyl carbamates (subject to hydrolysis) is 1. The van der Waals surface area contributed by atoms with Gasteiger partial charge in [-0.2, -0.15) is 0 Å². The number of ether oxygens (including phenoxy) is 1. The lowest BCUT2D eigenvalue weighted by molar-refractivity contribution is 0.0497. The van der Waals surface area contributed by atoms with Gasteiger partial charge in [0.15, 0.2) is 0 Å². The molecule has 8 heteroatoms. The summed E-state index contributed by atoms with van der Waals surface area (Å²) in [5.74, 6) is -0.569. The molecular formula is C31H32FN3O4. The van der Waals surface area contributed by atoms with Gasteiger partial charge in [0.05, 0.1) is 24.7 Å². The van der Waals surface area contributed by atoms with E-state index < -0.39 is 34.8 Å². The zero-order chi connectivity index (χ0) is 28.2. The first-order valence-corrected chi connectivity index (χ1v) is 12.7. The zero-order valence-electron chi connectivity index (χ0n) is 22.5. The summed E-state index contributed by atoms with van der Waals surface area (Å²) in [6, 6.07) is 23.6. The number of benzene rings is 3. The molecule has 0 spiro atoms. The molecule has 7 nitrogen and oxygen atoms in total. The number of hydrogen-bond donors (Lipinski definition) is 1. The molecular weight excluding hydrogens is 497 g/mol. The fourth-order valence-electron chi connectivity index (χ4n) is 4.44. The number of rotatable bonds is 7. The first-order valence-electron chi connectivity index (χ1n) is 12.7. The van der Waals surface area contributed by atoms with E-state index in [1.54, 1.807) is 64.1 Å². The third-order valence-corrected chi connectivity index (χ3v) is 6.27. The Morgan fingerprint density at radius 1 is 0.897 bits per heavy atom. The topological polar surface area (TPSA) is 82.3 Å². The largest absolute Gasteiger partial charge is 0.444 e. The van der Waals surface area contributed by atoms with Crippen LogP contribution in [0, 0.1) is 12.7 Å². The van der Waals surface area contributed by atoms with Crippen molar-refractivity contribution in [1.82, 2.24) is 14.5 Å². The van der Waals surface area contributed by atoms with Crippen molar-refractivity contribution in [3.63, 3.8) is 0 Å². The van der Waals surface area contributed by atoms with Crippen LogP contribution in [0.3, 0.4) is 0 Å². The first-order chi connectivity index (χ1) is 18.5. The normalized spacial score (nSPS) is 12.1. The summed E-state index contributed by atoms with van der Waals surface area (Å²) < 4.78 is 23.0. The number of amides is 1. The van der Waals surface area contributed by atoms with Crippen LogP contribution >= 0.6 is 0 Å². The average molecular weight is 530 g/mol. The van der Waals surface area contributed by atoms with Crippen molar-refractivity contribution in [3.05, 3.63) is 128 Å². The molecule has 0 saturated carbocycles. The van der Waals surface area contributed by atoms with E-state index in [4.69, 9.17) is 4.74 Å². The van der Waals surface area contributed by atoms with E-state index in [0.29, 0.717) is 11.3 Å². The maximum Gasteiger partial charge on any atom is 0.408 e. The van der Waals surface area contributed by atoms with E-state index in [2.05, 4.69) is 5.32 Å². The van der Waals surface area contributed by atoms with Gasteiger partial charge in [-0.1, -0.05) is 78.9 Å². The van der Waals surface area contributed by atoms with Gasteiger partial charge in [0.2, 0.25) is 0 Å². The third kappa shape index (κ3) is 6.52. The van der Waals surface area contributed by atoms with Crippen molar-refractivity contribution >= 4 is 6.09 Å². The van der Waals surface area contributed by atoms with Crippen LogP contribution in [0.25, 0.3) is 11.1 Å². The minimum absolute atomic E-state index is 0.0905. The fourth-order valence-corrected chi connectivity index (χ4v) is 4.44. The summed E-state index contributed by atoms with van der Waals surface area (Å²) in [7, 11) is 0. The monoisotopic (exact) mass is 529 g/mol. The highest BCUT2D eigenvalue weighted by atomic mass is 19.1. The summed E-state index contributed by atoms with van der Waals surface area (Å²) in [5.41, 5.74) is 0.126. The minimum Gasteiger partial charge on any atom is -0.444 e. The van der Waals surface area contributed by atoms with Crippen LogP contribution < -0.4 is 16.6 Å². The second kappa shape index (κ2) is 11.5. The number of nitrogens with one attached hydrogen (secondary N) is 1. The van der Waals surface area contributed by atoms with Crippen LogP contribution in [0.4, 0.5) is 9.18 Å². The highest BCUT2D eigenvalue weighted by molar-refractivity contribution is 5.68. The number of carbonyl (C=O) groups excluding carboxylic acids is 1. The Hall–Kier alpha value is -4.46. The van der Waals surface area contributed by atoms with Crippen molar-refractivity contribution in [2.75, 3.05) is 0 Å². The number of hydrogen-bond acceptors (Lipinski definition) is 4. The van der Waals surface area contributed by atoms with Crippen LogP contribution in [0.2, 0.25) is 0 Å². The van der Waals surface area contributed by atoms with Crippen molar-refractivity contribution in [2.24, 2.45) is 0 Å². The van der Waals surface area contributed by atoms with Crippen molar-refractivity contribution in [3.8, 4) is 11.1 Å². The summed E-state index contributed by atoms with van der Waals surface area (Å²) in [5, 5.41) is 2.80. The molecule has 0 fully saturated rings. The van der Waals surface area contributed by atoms with Gasteiger partial charge in [0, 0.05) is 11.3 Å². The second-order valence-electron chi connectivity index (χ2n) is 10.3. The first kappa shape index (κ1) is 27.6. The lowest BCUT2D eigenvalue weighted by Gasteiger charge is -2.25. The molecule has 0 aliphatic carbocycles. The SMILES string of the molecule is Cc1c(-c2ccccc2F)c(=O)n(C[C@H](NC(=O)OC(C)(C)C)c2ccccc2)c(=O)n1Cc1ccccc1. The molecule has 39 heavy (non-hydrogen) atoms. The molecule has 0 aliphatic rings. The molecule has 0 bridgehead atoms. The predicted molar refractivity (Wildman–Crippen MR) is 149 cm³/mol. The van der Waals surface area contributed by atoms with Gasteiger partial charge in [0.1, 0.15) is 11.4 Å². The zero-order valence-corrected chi connectivity index (χ0v) is 22.5. The fraction of sp³-hybridized carbons (Fsp3) is 0.258. The summed E-state index contributed by atoms with van der Waals surface area (Å²) in [4.78, 5) is 40.5. The van der Waals surface area contributed by atoms with E-state index in [1.807, 2.05) is 36.4 Å². The van der Waals surface area contributed by atoms with Crippen LogP contribution in [0.1, 0.15) is 43.6 Å². The minimum atomic E-state index is -0.771. The number of nitrogens with zero attached hydrogens (tertiary/aromatic N) is 2. The van der Waals surface area contributed by atoms with Crippen LogP contribution in [-0.4, -0.2) is 20.8 Å². The van der Waals surface area contributed by atoms with Gasteiger partial charge in [-0.3, -0.25) is 13.9 Å². The Labute approximate surface area is 226 Å². The molecule has 4 rings (SSSR count). The van der Waals surface area contributed by atoms with Gasteiger partial charge in [0.25, 0.3) is 5.56 Å². The lowest BCUT2D eigenvalue weighted by atomic mass is 10.0. The Balaban J connectivity index is 1.88. The van der Waals surface area contributed by atoms with Gasteiger partial charge >= 0.3 is 11.8 Å². The molecule has 0 unspecified atom stereocenters. The lowest BCUT2D eigenvalue weighted by Crippen LogP contribution is -2.46. The molecule has 0 aliphatic heterocycles. The Bertz CT molecular complexity index is 1570. The summed E-state index contributed by atoms with van der Waals surface area (Å²) in [6.45, 7) is 6.89. The molecule has 0 radical (unpaired) electrons. The van der Waals surface area contributed by atoms with Crippen molar-refractivity contribution in [1.29, 1.82) is 0 Å². The van der Waals surface area contributed by atoms with Crippen molar-refractivity contribution in [2.45, 2.75) is 52.4 Å². The van der Waals surface area contributed by atoms with Gasteiger partial charge in [-0.05, 0) is 44.9 Å². The highest BCUT2D eigenvalue weighted by Crippen LogP contribution is 2.23.